The molecule has 1 atom stereocenters. The Morgan fingerprint density at radius 2 is 1.89 bits per heavy atom. The summed E-state index contributed by atoms with van der Waals surface area (Å²) in [6.07, 6.45) is 4.68. The Labute approximate surface area is 265 Å². The minimum absolute atomic E-state index is 0.0365. The molecule has 1 fully saturated rings. The van der Waals surface area contributed by atoms with Crippen molar-refractivity contribution in [2.75, 3.05) is 27.8 Å². The molecule has 232 valence electrons. The smallest absolute Gasteiger partial charge is 0.410 e. The molecule has 0 saturated carbocycles. The first kappa shape index (κ1) is 31.5. The average Bonchev–Trinajstić information content (AvgIpc) is 2.98. The van der Waals surface area contributed by atoms with E-state index in [1.807, 2.05) is 52.0 Å². The van der Waals surface area contributed by atoms with Crippen LogP contribution >= 0.6 is 15.9 Å². The van der Waals surface area contributed by atoms with Gasteiger partial charge < -0.3 is 19.7 Å². The molecule has 5 rings (SSSR count). The standard InChI is InChI=1S/C31H35BrN6O5S/c1-20-12-13-22-23(9-5-11-26(22)37-44(40,41)19-32)27(20)42-28-24(10-6-15-33-28)25-14-16-34-29(36-25)35-21-8-7-17-38(18-21)30(39)43-31(2,3)4/h5-6,9-16,21,37H,7-8,17-19H2,1-4H3,(H,34,35,36)/t21-/m0/s1. The van der Waals surface area contributed by atoms with Crippen LogP contribution in [-0.2, 0) is 14.8 Å². The van der Waals surface area contributed by atoms with E-state index in [2.05, 4.69) is 35.9 Å². The molecule has 13 heteroatoms. The Morgan fingerprint density at radius 1 is 1.07 bits per heavy atom. The highest BCUT2D eigenvalue weighted by Crippen LogP contribution is 2.39. The number of ether oxygens (including phenoxy) is 2. The maximum absolute atomic E-state index is 12.6. The van der Waals surface area contributed by atoms with Crippen molar-refractivity contribution in [1.82, 2.24) is 19.9 Å². The van der Waals surface area contributed by atoms with Crippen LogP contribution in [0, 0.1) is 6.92 Å². The summed E-state index contributed by atoms with van der Waals surface area (Å²) in [5, 5.41) is 4.80. The molecule has 3 heterocycles. The minimum atomic E-state index is -3.55. The van der Waals surface area contributed by atoms with Gasteiger partial charge in [0.2, 0.25) is 21.9 Å². The molecule has 2 aromatic carbocycles. The number of sulfonamides is 1. The maximum Gasteiger partial charge on any atom is 0.410 e. The number of rotatable bonds is 8. The van der Waals surface area contributed by atoms with Crippen molar-refractivity contribution in [1.29, 1.82) is 0 Å². The van der Waals surface area contributed by atoms with E-state index in [0.29, 0.717) is 53.0 Å². The van der Waals surface area contributed by atoms with Crippen molar-refractivity contribution in [3.63, 3.8) is 0 Å². The summed E-state index contributed by atoms with van der Waals surface area (Å²) in [5.74, 6) is 1.32. The van der Waals surface area contributed by atoms with Gasteiger partial charge in [0.1, 0.15) is 16.0 Å². The first-order valence-electron chi connectivity index (χ1n) is 14.2. The predicted molar refractivity (Wildman–Crippen MR) is 175 cm³/mol. The summed E-state index contributed by atoms with van der Waals surface area (Å²) in [6.45, 7) is 8.61. The number of carbonyl (C=O) groups is 1. The van der Waals surface area contributed by atoms with Crippen molar-refractivity contribution < 1.29 is 22.7 Å². The van der Waals surface area contributed by atoms with Gasteiger partial charge in [-0.25, -0.2) is 28.2 Å². The molecule has 0 aliphatic carbocycles. The highest BCUT2D eigenvalue weighted by molar-refractivity contribution is 9.10. The van der Waals surface area contributed by atoms with E-state index in [1.54, 1.807) is 41.6 Å². The summed E-state index contributed by atoms with van der Waals surface area (Å²) >= 11 is 3.02. The van der Waals surface area contributed by atoms with Gasteiger partial charge in [0.25, 0.3) is 0 Å². The lowest BCUT2D eigenvalue weighted by molar-refractivity contribution is 0.0206. The van der Waals surface area contributed by atoms with E-state index in [0.717, 1.165) is 23.8 Å². The molecule has 1 saturated heterocycles. The second-order valence-electron chi connectivity index (χ2n) is 11.6. The summed E-state index contributed by atoms with van der Waals surface area (Å²) in [7, 11) is -3.55. The lowest BCUT2D eigenvalue weighted by Crippen LogP contribution is -2.47. The molecule has 1 amide bonds. The highest BCUT2D eigenvalue weighted by atomic mass is 79.9. The van der Waals surface area contributed by atoms with Gasteiger partial charge in [0.15, 0.2) is 0 Å². The number of benzene rings is 2. The SMILES string of the molecule is Cc1ccc2c(NS(=O)(=O)CBr)cccc2c1Oc1ncccc1-c1ccnc(N[C@H]2CCCN(C(=O)OC(C)(C)C)C2)n1. The molecule has 2 N–H and O–H groups in total. The van der Waals surface area contributed by atoms with Crippen molar-refractivity contribution in [3.05, 3.63) is 66.5 Å². The van der Waals surface area contributed by atoms with Gasteiger partial charge in [-0.15, -0.1) is 0 Å². The summed E-state index contributed by atoms with van der Waals surface area (Å²) in [5.41, 5.74) is 2.01. The number of piperidine rings is 1. The molecular weight excluding hydrogens is 648 g/mol. The number of hydrogen-bond acceptors (Lipinski definition) is 9. The number of aromatic nitrogens is 3. The number of nitrogens with zero attached hydrogens (tertiary/aromatic N) is 4. The number of alkyl halides is 1. The van der Waals surface area contributed by atoms with E-state index < -0.39 is 15.6 Å². The van der Waals surface area contributed by atoms with Gasteiger partial charge in [-0.3, -0.25) is 4.72 Å². The fourth-order valence-electron chi connectivity index (χ4n) is 4.97. The molecule has 4 aromatic rings. The van der Waals surface area contributed by atoms with Crippen molar-refractivity contribution in [3.8, 4) is 22.9 Å². The van der Waals surface area contributed by atoms with E-state index in [4.69, 9.17) is 14.5 Å². The molecule has 1 aliphatic heterocycles. The van der Waals surface area contributed by atoms with Crippen LogP contribution in [0.2, 0.25) is 0 Å². The zero-order valence-corrected chi connectivity index (χ0v) is 27.4. The van der Waals surface area contributed by atoms with Crippen LogP contribution < -0.4 is 14.8 Å². The van der Waals surface area contributed by atoms with E-state index in [9.17, 15) is 13.2 Å². The van der Waals surface area contributed by atoms with E-state index in [-0.39, 0.29) is 16.8 Å². The number of aryl methyl sites for hydroxylation is 1. The Kier molecular flexibility index (Phi) is 9.26. The third-order valence-electron chi connectivity index (χ3n) is 6.93. The number of hydrogen-bond donors (Lipinski definition) is 2. The molecule has 2 aromatic heterocycles. The number of fused-ring (bicyclic) bond motifs is 1. The topological polar surface area (TPSA) is 136 Å². The minimum Gasteiger partial charge on any atom is -0.444 e. The number of nitrogens with one attached hydrogen (secondary N) is 2. The highest BCUT2D eigenvalue weighted by Gasteiger charge is 2.28. The molecule has 0 spiro atoms. The van der Waals surface area contributed by atoms with Crippen LogP contribution in [0.3, 0.4) is 0 Å². The van der Waals surface area contributed by atoms with Gasteiger partial charge >= 0.3 is 6.09 Å². The van der Waals surface area contributed by atoms with Gasteiger partial charge in [-0.1, -0.05) is 40.2 Å². The van der Waals surface area contributed by atoms with Crippen molar-refractivity contribution in [2.24, 2.45) is 0 Å². The first-order chi connectivity index (χ1) is 20.9. The van der Waals surface area contributed by atoms with Crippen LogP contribution in [0.4, 0.5) is 16.4 Å². The third kappa shape index (κ3) is 7.56. The van der Waals surface area contributed by atoms with Crippen LogP contribution in [0.25, 0.3) is 22.0 Å². The largest absolute Gasteiger partial charge is 0.444 e. The second kappa shape index (κ2) is 12.9. The summed E-state index contributed by atoms with van der Waals surface area (Å²) in [6, 6.07) is 14.5. The van der Waals surface area contributed by atoms with Gasteiger partial charge in [0, 0.05) is 42.3 Å². The molecule has 0 radical (unpaired) electrons. The Balaban J connectivity index is 1.40. The van der Waals surface area contributed by atoms with Crippen LogP contribution in [0.5, 0.6) is 11.6 Å². The number of likely N-dealkylation sites (tertiary alicyclic amines) is 1. The van der Waals surface area contributed by atoms with Crippen molar-refractivity contribution in [2.45, 2.75) is 52.2 Å². The van der Waals surface area contributed by atoms with E-state index in [1.165, 1.54) is 0 Å². The normalized spacial score (nSPS) is 15.6. The lowest BCUT2D eigenvalue weighted by atomic mass is 10.0. The molecule has 0 unspecified atom stereocenters. The summed E-state index contributed by atoms with van der Waals surface area (Å²) in [4.78, 5) is 28.0. The predicted octanol–water partition coefficient (Wildman–Crippen LogP) is 6.70. The van der Waals surface area contributed by atoms with Crippen LogP contribution in [0.15, 0.2) is 60.9 Å². The Bertz CT molecular complexity index is 1780. The lowest BCUT2D eigenvalue weighted by Gasteiger charge is -2.34. The molecule has 44 heavy (non-hydrogen) atoms. The quantitative estimate of drug-likeness (QED) is 0.195. The first-order valence-corrected chi connectivity index (χ1v) is 17.0. The van der Waals surface area contributed by atoms with E-state index >= 15 is 0 Å². The number of halogens is 1. The zero-order valence-electron chi connectivity index (χ0n) is 25.0. The number of pyridine rings is 1. The fourth-order valence-corrected chi connectivity index (χ4v) is 5.88. The third-order valence-corrected chi connectivity index (χ3v) is 9.55. The number of amides is 1. The second-order valence-corrected chi connectivity index (χ2v) is 14.6. The molecule has 0 bridgehead atoms. The van der Waals surface area contributed by atoms with Crippen LogP contribution in [0.1, 0.15) is 39.2 Å². The zero-order chi connectivity index (χ0) is 31.5. The Morgan fingerprint density at radius 3 is 2.66 bits per heavy atom. The van der Waals surface area contributed by atoms with Gasteiger partial charge in [-0.05, 0) is 70.4 Å². The number of anilines is 2. The summed E-state index contributed by atoms with van der Waals surface area (Å²) < 4.78 is 38.9. The van der Waals surface area contributed by atoms with Crippen molar-refractivity contribution >= 4 is 54.5 Å². The Hall–Kier alpha value is -3.97. The average molecular weight is 684 g/mol. The fraction of sp³-hybridized carbons (Fsp3) is 0.355. The monoisotopic (exact) mass is 682 g/mol. The number of carbonyl (C=O) groups excluding carboxylic acids is 1. The van der Waals surface area contributed by atoms with Gasteiger partial charge in [-0.2, -0.15) is 0 Å². The molecule has 1 aliphatic rings. The van der Waals surface area contributed by atoms with Gasteiger partial charge in [0.05, 0.1) is 16.9 Å². The molecular formula is C31H35BrN6O5S. The molecule has 11 nitrogen and oxygen atoms in total. The van der Waals surface area contributed by atoms with Crippen LogP contribution in [-0.4, -0.2) is 63.8 Å². The maximum atomic E-state index is 12.6.